The van der Waals surface area contributed by atoms with Crippen LogP contribution in [-0.4, -0.2) is 17.6 Å². The van der Waals surface area contributed by atoms with E-state index < -0.39 is 0 Å². The molecule has 2 aromatic rings. The number of benzene rings is 1. The summed E-state index contributed by atoms with van der Waals surface area (Å²) in [7, 11) is 0. The van der Waals surface area contributed by atoms with Crippen LogP contribution < -0.4 is 0 Å². The number of carbonyl (C=O) groups excluding carboxylic acids is 1. The normalized spacial score (nSPS) is 11.2. The first kappa shape index (κ1) is 11.5. The number of carbonyl (C=O) groups is 1. The molecule has 17 heavy (non-hydrogen) atoms. The molecule has 1 N–H and O–H groups in total. The Hall–Kier alpha value is -2.03. The molecule has 2 rings (SSSR count). The molecule has 0 unspecified atom stereocenters. The predicted octanol–water partition coefficient (Wildman–Crippen LogP) is 3.05. The molecule has 0 spiro atoms. The Bertz CT molecular complexity index is 567. The molecule has 0 fully saturated rings. The Balaban J connectivity index is 2.28. The van der Waals surface area contributed by atoms with Crippen LogP contribution >= 0.6 is 0 Å². The second-order valence-corrected chi connectivity index (χ2v) is 3.88. The van der Waals surface area contributed by atoms with Crippen molar-refractivity contribution in [2.24, 2.45) is 0 Å². The molecular formula is C14H15NO2. The number of hydrogen-bond acceptors (Lipinski definition) is 2. The molecule has 0 bridgehead atoms. The minimum Gasteiger partial charge on any atom is -0.463 e. The van der Waals surface area contributed by atoms with Gasteiger partial charge < -0.3 is 9.72 Å². The largest absolute Gasteiger partial charge is 0.463 e. The van der Waals surface area contributed by atoms with Crippen molar-refractivity contribution in [2.75, 3.05) is 6.61 Å². The van der Waals surface area contributed by atoms with Gasteiger partial charge in [-0.05, 0) is 31.6 Å². The minimum atomic E-state index is -0.311. The van der Waals surface area contributed by atoms with E-state index in [0.29, 0.717) is 6.61 Å². The number of aromatic nitrogens is 1. The summed E-state index contributed by atoms with van der Waals surface area (Å²) in [6, 6.07) is 6.18. The second kappa shape index (κ2) is 4.87. The van der Waals surface area contributed by atoms with Crippen molar-refractivity contribution in [3.8, 4) is 0 Å². The van der Waals surface area contributed by atoms with Gasteiger partial charge in [0.25, 0.3) is 0 Å². The highest BCUT2D eigenvalue weighted by Crippen LogP contribution is 2.20. The van der Waals surface area contributed by atoms with Crippen molar-refractivity contribution in [1.29, 1.82) is 0 Å². The molecule has 3 heteroatoms. The minimum absolute atomic E-state index is 0.311. The molecule has 0 aliphatic heterocycles. The molecule has 0 amide bonds. The maximum absolute atomic E-state index is 11.2. The van der Waals surface area contributed by atoms with Gasteiger partial charge in [0, 0.05) is 28.7 Å². The number of rotatable bonds is 3. The fourth-order valence-electron chi connectivity index (χ4n) is 1.75. The van der Waals surface area contributed by atoms with E-state index in [9.17, 15) is 4.79 Å². The smallest absolute Gasteiger partial charge is 0.330 e. The summed E-state index contributed by atoms with van der Waals surface area (Å²) in [6.45, 7) is 4.24. The molecule has 0 atom stereocenters. The van der Waals surface area contributed by atoms with Crippen LogP contribution in [0.15, 0.2) is 30.5 Å². The lowest BCUT2D eigenvalue weighted by Gasteiger charge is -1.95. The predicted molar refractivity (Wildman–Crippen MR) is 68.7 cm³/mol. The number of aryl methyl sites for hydroxylation is 1. The number of esters is 1. The van der Waals surface area contributed by atoms with Gasteiger partial charge >= 0.3 is 5.97 Å². The molecule has 88 valence electrons. The summed E-state index contributed by atoms with van der Waals surface area (Å²) in [4.78, 5) is 14.4. The van der Waals surface area contributed by atoms with E-state index in [2.05, 4.69) is 24.0 Å². The SMILES string of the molecule is CCOC(=O)C=Cc1c[nH]c2cc(C)ccc12. The van der Waals surface area contributed by atoms with E-state index in [1.54, 1.807) is 13.0 Å². The Morgan fingerprint density at radius 2 is 2.29 bits per heavy atom. The molecule has 1 aromatic carbocycles. The lowest BCUT2D eigenvalue weighted by Crippen LogP contribution is -1.98. The summed E-state index contributed by atoms with van der Waals surface area (Å²) in [5.74, 6) is -0.311. The zero-order valence-corrected chi connectivity index (χ0v) is 9.99. The van der Waals surface area contributed by atoms with Gasteiger partial charge in [-0.2, -0.15) is 0 Å². The van der Waals surface area contributed by atoms with Crippen LogP contribution in [0.2, 0.25) is 0 Å². The molecule has 0 radical (unpaired) electrons. The van der Waals surface area contributed by atoms with Crippen LogP contribution in [0, 0.1) is 6.92 Å². The van der Waals surface area contributed by atoms with Crippen molar-refractivity contribution in [1.82, 2.24) is 4.98 Å². The maximum atomic E-state index is 11.2. The summed E-state index contributed by atoms with van der Waals surface area (Å²) in [5, 5.41) is 1.11. The highest BCUT2D eigenvalue weighted by atomic mass is 16.5. The first-order valence-electron chi connectivity index (χ1n) is 5.63. The van der Waals surface area contributed by atoms with Crippen LogP contribution in [0.5, 0.6) is 0 Å². The number of fused-ring (bicyclic) bond motifs is 1. The maximum Gasteiger partial charge on any atom is 0.330 e. The van der Waals surface area contributed by atoms with Crippen LogP contribution in [0.1, 0.15) is 18.1 Å². The average molecular weight is 229 g/mol. The number of aromatic amines is 1. The molecule has 0 aliphatic carbocycles. The molecule has 3 nitrogen and oxygen atoms in total. The number of hydrogen-bond donors (Lipinski definition) is 1. The van der Waals surface area contributed by atoms with E-state index in [1.807, 2.05) is 12.3 Å². The van der Waals surface area contributed by atoms with Crippen molar-refractivity contribution in [3.05, 3.63) is 41.6 Å². The third-order valence-corrected chi connectivity index (χ3v) is 2.55. The first-order chi connectivity index (χ1) is 8.20. The number of H-pyrrole nitrogens is 1. The van der Waals surface area contributed by atoms with E-state index in [1.165, 1.54) is 11.6 Å². The summed E-state index contributed by atoms with van der Waals surface area (Å²) < 4.78 is 4.84. The van der Waals surface area contributed by atoms with Crippen LogP contribution in [0.3, 0.4) is 0 Å². The van der Waals surface area contributed by atoms with E-state index in [0.717, 1.165) is 16.5 Å². The van der Waals surface area contributed by atoms with E-state index >= 15 is 0 Å². The zero-order chi connectivity index (χ0) is 12.3. The molecule has 0 saturated carbocycles. The molecule has 0 aliphatic rings. The highest BCUT2D eigenvalue weighted by Gasteiger charge is 2.01. The van der Waals surface area contributed by atoms with Gasteiger partial charge in [-0.1, -0.05) is 12.1 Å². The Morgan fingerprint density at radius 1 is 1.47 bits per heavy atom. The van der Waals surface area contributed by atoms with E-state index in [-0.39, 0.29) is 5.97 Å². The third kappa shape index (κ3) is 2.56. The quantitative estimate of drug-likeness (QED) is 0.649. The third-order valence-electron chi connectivity index (χ3n) is 2.55. The molecular weight excluding hydrogens is 214 g/mol. The van der Waals surface area contributed by atoms with Crippen molar-refractivity contribution >= 4 is 22.9 Å². The van der Waals surface area contributed by atoms with Gasteiger partial charge in [-0.15, -0.1) is 0 Å². The summed E-state index contributed by atoms with van der Waals surface area (Å²) in [5.41, 5.74) is 3.28. The van der Waals surface area contributed by atoms with Gasteiger partial charge in [0.2, 0.25) is 0 Å². The van der Waals surface area contributed by atoms with Gasteiger partial charge in [0.1, 0.15) is 0 Å². The second-order valence-electron chi connectivity index (χ2n) is 3.88. The van der Waals surface area contributed by atoms with E-state index in [4.69, 9.17) is 4.74 Å². The fourth-order valence-corrected chi connectivity index (χ4v) is 1.75. The van der Waals surface area contributed by atoms with Gasteiger partial charge in [0.15, 0.2) is 0 Å². The van der Waals surface area contributed by atoms with Crippen molar-refractivity contribution in [3.63, 3.8) is 0 Å². The summed E-state index contributed by atoms with van der Waals surface area (Å²) >= 11 is 0. The topological polar surface area (TPSA) is 42.1 Å². The monoisotopic (exact) mass is 229 g/mol. The molecule has 1 heterocycles. The lowest BCUT2D eigenvalue weighted by molar-refractivity contribution is -0.137. The lowest BCUT2D eigenvalue weighted by atomic mass is 10.1. The van der Waals surface area contributed by atoms with Crippen molar-refractivity contribution < 1.29 is 9.53 Å². The van der Waals surface area contributed by atoms with Crippen LogP contribution in [0.4, 0.5) is 0 Å². The Morgan fingerprint density at radius 3 is 3.06 bits per heavy atom. The fraction of sp³-hybridized carbons (Fsp3) is 0.214. The average Bonchev–Trinajstić information content (AvgIpc) is 2.69. The standard InChI is InChI=1S/C14H15NO2/c1-3-17-14(16)7-5-11-9-15-13-8-10(2)4-6-12(11)13/h4-9,15H,3H2,1-2H3. The highest BCUT2D eigenvalue weighted by molar-refractivity contribution is 5.94. The van der Waals surface area contributed by atoms with Gasteiger partial charge in [-0.25, -0.2) is 4.79 Å². The Labute approximate surface area is 100 Å². The number of nitrogens with one attached hydrogen (secondary N) is 1. The van der Waals surface area contributed by atoms with Crippen LogP contribution in [-0.2, 0) is 9.53 Å². The van der Waals surface area contributed by atoms with Gasteiger partial charge in [0.05, 0.1) is 6.61 Å². The molecule has 1 aromatic heterocycles. The van der Waals surface area contributed by atoms with Gasteiger partial charge in [-0.3, -0.25) is 0 Å². The Kier molecular flexibility index (Phi) is 3.28. The number of ether oxygens (including phenoxy) is 1. The zero-order valence-electron chi connectivity index (χ0n) is 9.99. The van der Waals surface area contributed by atoms with Crippen LogP contribution in [0.25, 0.3) is 17.0 Å². The molecule has 0 saturated heterocycles. The van der Waals surface area contributed by atoms with Crippen molar-refractivity contribution in [2.45, 2.75) is 13.8 Å². The first-order valence-corrected chi connectivity index (χ1v) is 5.63. The summed E-state index contributed by atoms with van der Waals surface area (Å²) in [6.07, 6.45) is 5.11.